The van der Waals surface area contributed by atoms with Crippen molar-refractivity contribution in [3.05, 3.63) is 101 Å². The third-order valence-corrected chi connectivity index (χ3v) is 4.86. The second-order valence-corrected chi connectivity index (χ2v) is 6.41. The van der Waals surface area contributed by atoms with E-state index >= 15 is 0 Å². The van der Waals surface area contributed by atoms with Gasteiger partial charge in [-0.2, -0.15) is 0 Å². The first-order valence-electron chi connectivity index (χ1n) is 7.97. The first kappa shape index (κ1) is 14.3. The molecule has 1 nitrogen and oxygen atoms in total. The van der Waals surface area contributed by atoms with Gasteiger partial charge in [0.2, 0.25) is 0 Å². The van der Waals surface area contributed by atoms with Gasteiger partial charge in [-0.05, 0) is 41.8 Å². The largest absolute Gasteiger partial charge is 0.357 e. The van der Waals surface area contributed by atoms with Gasteiger partial charge in [0.25, 0.3) is 0 Å². The zero-order valence-electron chi connectivity index (χ0n) is 12.8. The minimum Gasteiger partial charge on any atom is -0.357 e. The van der Waals surface area contributed by atoms with E-state index in [0.29, 0.717) is 12.1 Å². The van der Waals surface area contributed by atoms with Crippen LogP contribution in [0.1, 0.15) is 29.6 Å². The average molecular weight is 320 g/mol. The third-order valence-electron chi connectivity index (χ3n) is 4.61. The Labute approximate surface area is 142 Å². The Morgan fingerprint density at radius 2 is 1.17 bits per heavy atom. The number of rotatable bonds is 3. The number of para-hydroxylation sites is 1. The van der Waals surface area contributed by atoms with Gasteiger partial charge in [-0.25, -0.2) is 0 Å². The number of anilines is 1. The molecule has 1 heterocycles. The van der Waals surface area contributed by atoms with Gasteiger partial charge in [-0.1, -0.05) is 72.3 Å². The van der Waals surface area contributed by atoms with E-state index in [-0.39, 0.29) is 0 Å². The predicted octanol–water partition coefficient (Wildman–Crippen LogP) is 6.03. The molecule has 114 valence electrons. The summed E-state index contributed by atoms with van der Waals surface area (Å²) >= 11 is 6.04. The molecule has 0 aromatic heterocycles. The second-order valence-electron chi connectivity index (χ2n) is 5.97. The summed E-state index contributed by atoms with van der Waals surface area (Å²) in [6, 6.07) is 30.5. The molecule has 0 radical (unpaired) electrons. The molecule has 0 spiro atoms. The molecule has 1 saturated heterocycles. The van der Waals surface area contributed by atoms with E-state index in [9.17, 15) is 0 Å². The SMILES string of the molecule is Clc1ccc([C@H]2C[C@@H](c3ccccc3)N2c2ccccc2)cc1. The van der Waals surface area contributed by atoms with Crippen LogP contribution in [0, 0.1) is 0 Å². The molecule has 0 amide bonds. The Morgan fingerprint density at radius 3 is 1.78 bits per heavy atom. The Bertz CT molecular complexity index is 768. The smallest absolute Gasteiger partial charge is 0.0571 e. The van der Waals surface area contributed by atoms with Gasteiger partial charge in [0.15, 0.2) is 0 Å². The molecular weight excluding hydrogens is 302 g/mol. The van der Waals surface area contributed by atoms with Crippen LogP contribution in [0.3, 0.4) is 0 Å². The van der Waals surface area contributed by atoms with Gasteiger partial charge >= 0.3 is 0 Å². The molecule has 2 atom stereocenters. The fourth-order valence-electron chi connectivity index (χ4n) is 3.43. The molecule has 2 heteroatoms. The summed E-state index contributed by atoms with van der Waals surface area (Å²) in [7, 11) is 0. The highest BCUT2D eigenvalue weighted by molar-refractivity contribution is 6.30. The highest BCUT2D eigenvalue weighted by Crippen LogP contribution is 2.50. The Kier molecular flexibility index (Phi) is 3.80. The fourth-order valence-corrected chi connectivity index (χ4v) is 3.56. The maximum Gasteiger partial charge on any atom is 0.0571 e. The standard InChI is InChI=1S/C21H18ClN/c22-18-13-11-17(12-14-18)21-15-20(16-7-3-1-4-8-16)23(21)19-9-5-2-6-10-19/h1-14,20-21H,15H2/t20-,21+/m0/s1. The molecule has 1 aliphatic rings. The molecule has 0 aliphatic carbocycles. The predicted molar refractivity (Wildman–Crippen MR) is 96.9 cm³/mol. The molecule has 1 fully saturated rings. The van der Waals surface area contributed by atoms with E-state index in [1.54, 1.807) is 0 Å². The molecular formula is C21H18ClN. The van der Waals surface area contributed by atoms with Crippen molar-refractivity contribution in [3.8, 4) is 0 Å². The molecule has 23 heavy (non-hydrogen) atoms. The Morgan fingerprint density at radius 1 is 0.652 bits per heavy atom. The van der Waals surface area contributed by atoms with Gasteiger partial charge in [-0.15, -0.1) is 0 Å². The zero-order chi connectivity index (χ0) is 15.6. The minimum atomic E-state index is 0.403. The van der Waals surface area contributed by atoms with Crippen LogP contribution in [0.4, 0.5) is 5.69 Å². The summed E-state index contributed by atoms with van der Waals surface area (Å²) in [4.78, 5) is 2.51. The summed E-state index contributed by atoms with van der Waals surface area (Å²) in [6.45, 7) is 0. The Balaban J connectivity index is 1.70. The van der Waals surface area contributed by atoms with Crippen LogP contribution in [0.15, 0.2) is 84.9 Å². The maximum absolute atomic E-state index is 6.04. The van der Waals surface area contributed by atoms with Crippen LogP contribution in [0.25, 0.3) is 0 Å². The highest BCUT2D eigenvalue weighted by atomic mass is 35.5. The van der Waals surface area contributed by atoms with Gasteiger partial charge in [-0.3, -0.25) is 0 Å². The van der Waals surface area contributed by atoms with Crippen molar-refractivity contribution in [1.82, 2.24) is 0 Å². The number of benzene rings is 3. The van der Waals surface area contributed by atoms with Crippen molar-refractivity contribution in [3.63, 3.8) is 0 Å². The summed E-state index contributed by atoms with van der Waals surface area (Å²) in [5.41, 5.74) is 3.97. The summed E-state index contributed by atoms with van der Waals surface area (Å²) in [6.07, 6.45) is 1.13. The van der Waals surface area contributed by atoms with E-state index in [0.717, 1.165) is 11.4 Å². The van der Waals surface area contributed by atoms with Gasteiger partial charge in [0.1, 0.15) is 0 Å². The van der Waals surface area contributed by atoms with Crippen molar-refractivity contribution in [2.75, 3.05) is 4.90 Å². The van der Waals surface area contributed by atoms with Crippen LogP contribution in [0.2, 0.25) is 5.02 Å². The van der Waals surface area contributed by atoms with Gasteiger partial charge < -0.3 is 4.90 Å². The van der Waals surface area contributed by atoms with Crippen LogP contribution in [-0.4, -0.2) is 0 Å². The molecule has 4 rings (SSSR count). The van der Waals surface area contributed by atoms with Crippen LogP contribution in [0.5, 0.6) is 0 Å². The van der Waals surface area contributed by atoms with Crippen LogP contribution >= 0.6 is 11.6 Å². The van der Waals surface area contributed by atoms with E-state index in [4.69, 9.17) is 11.6 Å². The molecule has 0 unspecified atom stereocenters. The monoisotopic (exact) mass is 319 g/mol. The van der Waals surface area contributed by atoms with Crippen molar-refractivity contribution in [2.45, 2.75) is 18.5 Å². The number of nitrogens with zero attached hydrogens (tertiary/aromatic N) is 1. The van der Waals surface area contributed by atoms with E-state index in [1.165, 1.54) is 16.8 Å². The van der Waals surface area contributed by atoms with Crippen LogP contribution in [-0.2, 0) is 0 Å². The lowest BCUT2D eigenvalue weighted by molar-refractivity contribution is 0.353. The average Bonchev–Trinajstić information content (AvgIpc) is 2.58. The first-order chi connectivity index (χ1) is 11.3. The topological polar surface area (TPSA) is 3.24 Å². The lowest BCUT2D eigenvalue weighted by Gasteiger charge is -2.51. The highest BCUT2D eigenvalue weighted by Gasteiger charge is 2.39. The molecule has 0 N–H and O–H groups in total. The second kappa shape index (κ2) is 6.10. The summed E-state index contributed by atoms with van der Waals surface area (Å²) < 4.78 is 0. The Hall–Kier alpha value is -2.25. The van der Waals surface area contributed by atoms with Crippen molar-refractivity contribution < 1.29 is 0 Å². The number of hydrogen-bond acceptors (Lipinski definition) is 1. The lowest BCUT2D eigenvalue weighted by Crippen LogP contribution is -2.44. The minimum absolute atomic E-state index is 0.403. The third kappa shape index (κ3) is 2.73. The number of hydrogen-bond donors (Lipinski definition) is 0. The zero-order valence-corrected chi connectivity index (χ0v) is 13.5. The van der Waals surface area contributed by atoms with Crippen molar-refractivity contribution >= 4 is 17.3 Å². The van der Waals surface area contributed by atoms with E-state index in [1.807, 2.05) is 12.1 Å². The van der Waals surface area contributed by atoms with E-state index < -0.39 is 0 Å². The summed E-state index contributed by atoms with van der Waals surface area (Å²) in [5.74, 6) is 0. The normalized spacial score (nSPS) is 20.1. The van der Waals surface area contributed by atoms with Crippen molar-refractivity contribution in [2.24, 2.45) is 0 Å². The van der Waals surface area contributed by atoms with Gasteiger partial charge in [0.05, 0.1) is 12.1 Å². The quantitative estimate of drug-likeness (QED) is 0.569. The van der Waals surface area contributed by atoms with Crippen molar-refractivity contribution in [1.29, 1.82) is 0 Å². The molecule has 0 bridgehead atoms. The lowest BCUT2D eigenvalue weighted by atomic mass is 9.83. The fraction of sp³-hybridized carbons (Fsp3) is 0.143. The molecule has 0 saturated carbocycles. The van der Waals surface area contributed by atoms with E-state index in [2.05, 4.69) is 77.7 Å². The maximum atomic E-state index is 6.04. The molecule has 3 aromatic carbocycles. The van der Waals surface area contributed by atoms with Gasteiger partial charge in [0, 0.05) is 10.7 Å². The number of halogens is 1. The molecule has 1 aliphatic heterocycles. The summed E-state index contributed by atoms with van der Waals surface area (Å²) in [5, 5.41) is 0.791. The first-order valence-corrected chi connectivity index (χ1v) is 8.34. The van der Waals surface area contributed by atoms with Crippen LogP contribution < -0.4 is 4.90 Å². The molecule has 3 aromatic rings.